The summed E-state index contributed by atoms with van der Waals surface area (Å²) in [5.74, 6) is -0.380. The molecule has 0 amide bonds. The van der Waals surface area contributed by atoms with Crippen molar-refractivity contribution in [1.29, 1.82) is 0 Å². The number of benzene rings is 1. The van der Waals surface area contributed by atoms with Crippen LogP contribution in [0, 0.1) is 12.7 Å². The van der Waals surface area contributed by atoms with E-state index >= 15 is 0 Å². The van der Waals surface area contributed by atoms with E-state index in [9.17, 15) is 4.39 Å². The summed E-state index contributed by atoms with van der Waals surface area (Å²) in [6, 6.07) is 3.06. The molecule has 1 aromatic rings. The molecule has 3 heteroatoms. The molecule has 0 heterocycles. The van der Waals surface area contributed by atoms with Gasteiger partial charge in [-0.05, 0) is 30.2 Å². The van der Waals surface area contributed by atoms with E-state index in [4.69, 9.17) is 13.0 Å². The predicted molar refractivity (Wildman–Crippen MR) is 64.5 cm³/mol. The highest BCUT2D eigenvalue weighted by Crippen LogP contribution is 2.15. The van der Waals surface area contributed by atoms with Crippen molar-refractivity contribution >= 4 is 7.85 Å². The summed E-state index contributed by atoms with van der Waals surface area (Å²) in [6.45, 7) is 9.77. The fourth-order valence-corrected chi connectivity index (χ4v) is 0.930. The summed E-state index contributed by atoms with van der Waals surface area (Å²) in [5, 5.41) is 8.94. The highest BCUT2D eigenvalue weighted by atomic mass is 19.1. The first kappa shape index (κ1) is 16.6. The van der Waals surface area contributed by atoms with Crippen LogP contribution in [0.15, 0.2) is 18.2 Å². The van der Waals surface area contributed by atoms with Crippen molar-refractivity contribution in [2.24, 2.45) is 0 Å². The molecule has 15 heavy (non-hydrogen) atoms. The Morgan fingerprint density at radius 1 is 1.20 bits per heavy atom. The van der Waals surface area contributed by atoms with Crippen LogP contribution in [0.1, 0.15) is 44.8 Å². The number of hydrogen-bond acceptors (Lipinski definition) is 1. The zero-order valence-corrected chi connectivity index (χ0v) is 10.2. The van der Waals surface area contributed by atoms with Gasteiger partial charge in [-0.2, -0.15) is 0 Å². The largest absolute Gasteiger partial charge is 0.398 e. The van der Waals surface area contributed by atoms with Gasteiger partial charge in [-0.15, -0.1) is 0 Å². The summed E-state index contributed by atoms with van der Waals surface area (Å²) in [5.41, 5.74) is 1.23. The van der Waals surface area contributed by atoms with Crippen molar-refractivity contribution in [2.45, 2.75) is 40.6 Å². The Hall–Kier alpha value is -0.825. The molecule has 0 fully saturated rings. The Kier molecular flexibility index (Phi) is 10.8. The van der Waals surface area contributed by atoms with Gasteiger partial charge in [0.05, 0.1) is 0 Å². The molecule has 84 valence electrons. The average molecular weight is 210 g/mol. The zero-order valence-electron chi connectivity index (χ0n) is 10.2. The Bertz CT molecular complexity index is 262. The van der Waals surface area contributed by atoms with E-state index in [1.54, 1.807) is 13.0 Å². The molecule has 1 atom stereocenters. The Morgan fingerprint density at radius 3 is 2.00 bits per heavy atom. The molecule has 1 nitrogen and oxygen atoms in total. The van der Waals surface area contributed by atoms with Crippen LogP contribution in [-0.4, -0.2) is 13.0 Å². The van der Waals surface area contributed by atoms with Gasteiger partial charge in [0.25, 0.3) is 0 Å². The van der Waals surface area contributed by atoms with Gasteiger partial charge in [0.2, 0.25) is 0 Å². The summed E-state index contributed by atoms with van der Waals surface area (Å²) >= 11 is 0. The summed E-state index contributed by atoms with van der Waals surface area (Å²) in [4.78, 5) is 0. The van der Waals surface area contributed by atoms with Gasteiger partial charge in [-0.3, -0.25) is 0 Å². The fraction of sp³-hybridized carbons (Fsp3) is 0.500. The summed E-state index contributed by atoms with van der Waals surface area (Å²) in [7, 11) is 5.17. The third-order valence-electron chi connectivity index (χ3n) is 1.56. The number of aryl methyl sites for hydroxylation is 1. The lowest BCUT2D eigenvalue weighted by Crippen LogP contribution is -1.99. The summed E-state index contributed by atoms with van der Waals surface area (Å²) < 4.78 is 12.5. The minimum atomic E-state index is -1.09. The molecule has 1 aromatic carbocycles. The number of aliphatic hydroxyl groups is 1. The van der Waals surface area contributed by atoms with Crippen molar-refractivity contribution in [1.82, 2.24) is 0 Å². The van der Waals surface area contributed by atoms with Crippen molar-refractivity contribution in [3.63, 3.8) is 0 Å². The molecule has 0 aliphatic heterocycles. The SMILES string of the molecule is CC.CC.[B]C(O)c1cc(F)ccc1C. The molecule has 0 aliphatic carbocycles. The predicted octanol–water partition coefficient (Wildman–Crippen LogP) is 3.35. The highest BCUT2D eigenvalue weighted by molar-refractivity contribution is 6.11. The molecule has 2 radical (unpaired) electrons. The molecule has 1 rings (SSSR count). The molecule has 1 unspecified atom stereocenters. The van der Waals surface area contributed by atoms with Crippen LogP contribution in [-0.2, 0) is 0 Å². The molecule has 1 N–H and O–H groups in total. The van der Waals surface area contributed by atoms with Crippen LogP contribution in [0.3, 0.4) is 0 Å². The van der Waals surface area contributed by atoms with E-state index < -0.39 is 6.00 Å². The van der Waals surface area contributed by atoms with E-state index in [0.29, 0.717) is 5.56 Å². The van der Waals surface area contributed by atoms with Crippen LogP contribution in [0.4, 0.5) is 4.39 Å². The van der Waals surface area contributed by atoms with E-state index in [1.807, 2.05) is 27.7 Å². The smallest absolute Gasteiger partial charge is 0.123 e. The molecular formula is C12H20BFO. The zero-order chi connectivity index (χ0) is 12.4. The first-order chi connectivity index (χ1) is 7.11. The normalized spacial score (nSPS) is 10.3. The lowest BCUT2D eigenvalue weighted by atomic mass is 9.89. The Balaban J connectivity index is 0. The number of aliphatic hydroxyl groups excluding tert-OH is 1. The minimum absolute atomic E-state index is 0.380. The molecular weight excluding hydrogens is 190 g/mol. The number of hydrogen-bond donors (Lipinski definition) is 1. The van der Waals surface area contributed by atoms with E-state index in [2.05, 4.69) is 0 Å². The van der Waals surface area contributed by atoms with E-state index in [-0.39, 0.29) is 5.82 Å². The maximum Gasteiger partial charge on any atom is 0.123 e. The summed E-state index contributed by atoms with van der Waals surface area (Å²) in [6.07, 6.45) is 0. The second kappa shape index (κ2) is 9.72. The van der Waals surface area contributed by atoms with Crippen molar-refractivity contribution in [2.75, 3.05) is 0 Å². The topological polar surface area (TPSA) is 20.2 Å². The Morgan fingerprint density at radius 2 is 1.67 bits per heavy atom. The van der Waals surface area contributed by atoms with Gasteiger partial charge < -0.3 is 5.11 Å². The number of rotatable bonds is 1. The van der Waals surface area contributed by atoms with Gasteiger partial charge in [0, 0.05) is 6.00 Å². The molecule has 0 saturated carbocycles. The second-order valence-electron chi connectivity index (χ2n) is 2.45. The van der Waals surface area contributed by atoms with Gasteiger partial charge in [-0.25, -0.2) is 4.39 Å². The van der Waals surface area contributed by atoms with Crippen LogP contribution in [0.5, 0.6) is 0 Å². The lowest BCUT2D eigenvalue weighted by Gasteiger charge is -2.07. The Labute approximate surface area is 93.7 Å². The van der Waals surface area contributed by atoms with Gasteiger partial charge >= 0.3 is 0 Å². The van der Waals surface area contributed by atoms with Gasteiger partial charge in [0.1, 0.15) is 13.7 Å². The van der Waals surface area contributed by atoms with Crippen LogP contribution in [0.25, 0.3) is 0 Å². The maximum absolute atomic E-state index is 12.5. The highest BCUT2D eigenvalue weighted by Gasteiger charge is 2.04. The maximum atomic E-state index is 12.5. The average Bonchev–Trinajstić information content (AvgIpc) is 2.27. The van der Waals surface area contributed by atoms with Crippen LogP contribution >= 0.6 is 0 Å². The second-order valence-corrected chi connectivity index (χ2v) is 2.45. The fourth-order valence-electron chi connectivity index (χ4n) is 0.930. The number of halogens is 1. The van der Waals surface area contributed by atoms with Crippen molar-refractivity contribution in [3.8, 4) is 0 Å². The molecule has 0 spiro atoms. The first-order valence-corrected chi connectivity index (χ1v) is 5.31. The first-order valence-electron chi connectivity index (χ1n) is 5.31. The van der Waals surface area contributed by atoms with Crippen LogP contribution < -0.4 is 0 Å². The molecule has 0 bridgehead atoms. The molecule has 0 saturated heterocycles. The standard InChI is InChI=1S/C8H8BFO.2C2H6/c1-5-2-3-6(10)4-7(5)8(9)11;2*1-2/h2-4,8,11H,1H3;2*1-2H3. The van der Waals surface area contributed by atoms with Crippen LogP contribution in [0.2, 0.25) is 0 Å². The van der Waals surface area contributed by atoms with E-state index in [0.717, 1.165) is 5.56 Å². The van der Waals surface area contributed by atoms with Gasteiger partial charge in [0.15, 0.2) is 0 Å². The van der Waals surface area contributed by atoms with Crippen molar-refractivity contribution < 1.29 is 9.50 Å². The van der Waals surface area contributed by atoms with Gasteiger partial charge in [-0.1, -0.05) is 33.8 Å². The van der Waals surface area contributed by atoms with Crippen molar-refractivity contribution in [3.05, 3.63) is 35.1 Å². The third-order valence-corrected chi connectivity index (χ3v) is 1.56. The van der Waals surface area contributed by atoms with E-state index in [1.165, 1.54) is 12.1 Å². The monoisotopic (exact) mass is 210 g/mol. The molecule has 0 aromatic heterocycles. The third kappa shape index (κ3) is 6.29. The molecule has 0 aliphatic rings. The lowest BCUT2D eigenvalue weighted by molar-refractivity contribution is 0.261. The minimum Gasteiger partial charge on any atom is -0.398 e. The quantitative estimate of drug-likeness (QED) is 0.704.